The first-order valence-corrected chi connectivity index (χ1v) is 6.68. The molecule has 4 nitrogen and oxygen atoms in total. The Morgan fingerprint density at radius 1 is 1.37 bits per heavy atom. The number of nitrogens with two attached hydrogens (primary N) is 1. The molecule has 0 aliphatic heterocycles. The second-order valence-corrected chi connectivity index (χ2v) is 5.16. The van der Waals surface area contributed by atoms with Crippen molar-refractivity contribution in [2.24, 2.45) is 5.73 Å². The van der Waals surface area contributed by atoms with Crippen molar-refractivity contribution in [1.29, 1.82) is 0 Å². The van der Waals surface area contributed by atoms with Crippen molar-refractivity contribution < 1.29 is 9.84 Å². The van der Waals surface area contributed by atoms with E-state index in [1.807, 2.05) is 7.05 Å². The van der Waals surface area contributed by atoms with E-state index in [2.05, 4.69) is 30.9 Å². The van der Waals surface area contributed by atoms with Gasteiger partial charge < -0.3 is 20.5 Å². The average molecular weight is 266 g/mol. The number of rotatable bonds is 7. The van der Waals surface area contributed by atoms with Crippen LogP contribution in [-0.2, 0) is 6.42 Å². The molecule has 0 aromatic heterocycles. The molecule has 1 aromatic rings. The molecule has 0 fully saturated rings. The molecule has 1 rings (SSSR count). The molecule has 4 heteroatoms. The van der Waals surface area contributed by atoms with E-state index in [1.165, 1.54) is 16.7 Å². The van der Waals surface area contributed by atoms with Crippen LogP contribution in [0.1, 0.15) is 16.7 Å². The number of aliphatic hydroxyl groups is 1. The molecule has 0 saturated carbocycles. The molecule has 0 radical (unpaired) electrons. The first-order valence-electron chi connectivity index (χ1n) is 6.68. The fourth-order valence-electron chi connectivity index (χ4n) is 2.29. The maximum Gasteiger partial charge on any atom is 0.122 e. The summed E-state index contributed by atoms with van der Waals surface area (Å²) in [6, 6.07) is 4.24. The SMILES string of the molecule is COc1cc(C)cc(C)c1CCN(C)CC(O)CN. The van der Waals surface area contributed by atoms with Crippen LogP contribution in [0.25, 0.3) is 0 Å². The monoisotopic (exact) mass is 266 g/mol. The van der Waals surface area contributed by atoms with Gasteiger partial charge in [-0.2, -0.15) is 0 Å². The predicted molar refractivity (Wildman–Crippen MR) is 78.7 cm³/mol. The Kier molecular flexibility index (Phi) is 6.28. The summed E-state index contributed by atoms with van der Waals surface area (Å²) in [5, 5.41) is 9.53. The molecule has 0 bridgehead atoms. The predicted octanol–water partition coefficient (Wildman–Crippen LogP) is 1.11. The van der Waals surface area contributed by atoms with Gasteiger partial charge in [0.25, 0.3) is 0 Å². The van der Waals surface area contributed by atoms with Crippen molar-refractivity contribution in [3.8, 4) is 5.75 Å². The zero-order valence-electron chi connectivity index (χ0n) is 12.4. The molecule has 0 saturated heterocycles. The summed E-state index contributed by atoms with van der Waals surface area (Å²) < 4.78 is 5.45. The van der Waals surface area contributed by atoms with Gasteiger partial charge in [-0.05, 0) is 50.1 Å². The van der Waals surface area contributed by atoms with Crippen LogP contribution in [0, 0.1) is 13.8 Å². The molecule has 0 heterocycles. The van der Waals surface area contributed by atoms with E-state index in [1.54, 1.807) is 7.11 Å². The van der Waals surface area contributed by atoms with Gasteiger partial charge in [-0.15, -0.1) is 0 Å². The highest BCUT2D eigenvalue weighted by Crippen LogP contribution is 2.24. The van der Waals surface area contributed by atoms with Crippen molar-refractivity contribution in [3.05, 3.63) is 28.8 Å². The highest BCUT2D eigenvalue weighted by Gasteiger charge is 2.10. The van der Waals surface area contributed by atoms with E-state index in [9.17, 15) is 5.11 Å². The second kappa shape index (κ2) is 7.48. The molecule has 0 amide bonds. The highest BCUT2D eigenvalue weighted by molar-refractivity contribution is 5.43. The van der Waals surface area contributed by atoms with Crippen LogP contribution in [0.5, 0.6) is 5.75 Å². The van der Waals surface area contributed by atoms with Crippen LogP contribution in [0.2, 0.25) is 0 Å². The van der Waals surface area contributed by atoms with Gasteiger partial charge in [0.15, 0.2) is 0 Å². The minimum absolute atomic E-state index is 0.303. The molecular formula is C15H26N2O2. The summed E-state index contributed by atoms with van der Waals surface area (Å²) in [7, 11) is 3.70. The molecule has 19 heavy (non-hydrogen) atoms. The molecule has 0 aliphatic rings. The highest BCUT2D eigenvalue weighted by atomic mass is 16.5. The Morgan fingerprint density at radius 2 is 2.05 bits per heavy atom. The van der Waals surface area contributed by atoms with E-state index < -0.39 is 6.10 Å². The number of hydrogen-bond donors (Lipinski definition) is 2. The van der Waals surface area contributed by atoms with Crippen LogP contribution in [0.4, 0.5) is 0 Å². The number of nitrogens with zero attached hydrogens (tertiary/aromatic N) is 1. The largest absolute Gasteiger partial charge is 0.496 e. The zero-order valence-corrected chi connectivity index (χ0v) is 12.4. The third-order valence-electron chi connectivity index (χ3n) is 3.33. The summed E-state index contributed by atoms with van der Waals surface area (Å²) in [6.07, 6.45) is 0.453. The lowest BCUT2D eigenvalue weighted by Crippen LogP contribution is -2.35. The molecule has 108 valence electrons. The molecule has 1 unspecified atom stereocenters. The van der Waals surface area contributed by atoms with Crippen molar-refractivity contribution >= 4 is 0 Å². The number of methoxy groups -OCH3 is 1. The summed E-state index contributed by atoms with van der Waals surface area (Å²) in [4.78, 5) is 2.09. The molecule has 3 N–H and O–H groups in total. The first-order chi connectivity index (χ1) is 8.97. The number of ether oxygens (including phenoxy) is 1. The maximum atomic E-state index is 9.53. The van der Waals surface area contributed by atoms with E-state index in [0.717, 1.165) is 18.7 Å². The van der Waals surface area contributed by atoms with Crippen LogP contribution in [-0.4, -0.2) is 49.9 Å². The fraction of sp³-hybridized carbons (Fsp3) is 0.600. The van der Waals surface area contributed by atoms with Gasteiger partial charge in [0, 0.05) is 19.6 Å². The summed E-state index contributed by atoms with van der Waals surface area (Å²) in [5.41, 5.74) is 9.12. The summed E-state index contributed by atoms with van der Waals surface area (Å²) in [6.45, 7) is 5.96. The van der Waals surface area contributed by atoms with Crippen molar-refractivity contribution in [1.82, 2.24) is 4.90 Å². The Bertz CT molecular complexity index is 407. The Hall–Kier alpha value is -1.10. The number of aliphatic hydroxyl groups excluding tert-OH is 1. The standard InChI is InChI=1S/C15H26N2O2/c1-11-7-12(2)14(15(8-11)19-4)5-6-17(3)10-13(18)9-16/h7-8,13,18H,5-6,9-10,16H2,1-4H3. The average Bonchev–Trinajstić information content (AvgIpc) is 2.36. The van der Waals surface area contributed by atoms with Crippen LogP contribution in [0.3, 0.4) is 0 Å². The van der Waals surface area contributed by atoms with Gasteiger partial charge in [0.2, 0.25) is 0 Å². The quantitative estimate of drug-likeness (QED) is 0.776. The Balaban J connectivity index is 2.67. The minimum atomic E-state index is -0.453. The molecular weight excluding hydrogens is 240 g/mol. The van der Waals surface area contributed by atoms with Gasteiger partial charge in [-0.1, -0.05) is 6.07 Å². The summed E-state index contributed by atoms with van der Waals surface area (Å²) in [5.74, 6) is 0.949. The Labute approximate surface area is 116 Å². The van der Waals surface area contributed by atoms with Crippen molar-refractivity contribution in [3.63, 3.8) is 0 Å². The number of benzene rings is 1. The van der Waals surface area contributed by atoms with Gasteiger partial charge in [-0.3, -0.25) is 0 Å². The second-order valence-electron chi connectivity index (χ2n) is 5.16. The zero-order chi connectivity index (χ0) is 14.4. The van der Waals surface area contributed by atoms with Crippen molar-refractivity contribution in [2.45, 2.75) is 26.4 Å². The lowest BCUT2D eigenvalue weighted by atomic mass is 10.0. The van der Waals surface area contributed by atoms with Crippen LogP contribution < -0.4 is 10.5 Å². The molecule has 0 aliphatic carbocycles. The minimum Gasteiger partial charge on any atom is -0.496 e. The van der Waals surface area contributed by atoms with Gasteiger partial charge >= 0.3 is 0 Å². The van der Waals surface area contributed by atoms with E-state index in [0.29, 0.717) is 13.1 Å². The lowest BCUT2D eigenvalue weighted by Gasteiger charge is -2.21. The van der Waals surface area contributed by atoms with Crippen LogP contribution in [0.15, 0.2) is 12.1 Å². The third-order valence-corrected chi connectivity index (χ3v) is 3.33. The van der Waals surface area contributed by atoms with Crippen LogP contribution >= 0.6 is 0 Å². The lowest BCUT2D eigenvalue weighted by molar-refractivity contribution is 0.133. The third kappa shape index (κ3) is 4.82. The first kappa shape index (κ1) is 16.0. The number of likely N-dealkylation sites (N-methyl/N-ethyl adjacent to an activating group) is 1. The maximum absolute atomic E-state index is 9.53. The van der Waals surface area contributed by atoms with Gasteiger partial charge in [0.1, 0.15) is 5.75 Å². The number of hydrogen-bond acceptors (Lipinski definition) is 4. The molecule has 1 aromatic carbocycles. The normalized spacial score (nSPS) is 12.8. The van der Waals surface area contributed by atoms with E-state index in [4.69, 9.17) is 10.5 Å². The number of aryl methyl sites for hydroxylation is 2. The van der Waals surface area contributed by atoms with Gasteiger partial charge in [-0.25, -0.2) is 0 Å². The topological polar surface area (TPSA) is 58.7 Å². The fourth-order valence-corrected chi connectivity index (χ4v) is 2.29. The van der Waals surface area contributed by atoms with Gasteiger partial charge in [0.05, 0.1) is 13.2 Å². The molecule has 0 spiro atoms. The molecule has 1 atom stereocenters. The smallest absolute Gasteiger partial charge is 0.122 e. The summed E-state index contributed by atoms with van der Waals surface area (Å²) >= 11 is 0. The van der Waals surface area contributed by atoms with E-state index >= 15 is 0 Å². The Morgan fingerprint density at radius 3 is 2.63 bits per heavy atom. The van der Waals surface area contributed by atoms with E-state index in [-0.39, 0.29) is 0 Å². The van der Waals surface area contributed by atoms with Crippen molar-refractivity contribution in [2.75, 3.05) is 33.8 Å².